The summed E-state index contributed by atoms with van der Waals surface area (Å²) in [5.41, 5.74) is 0. The number of aromatic nitrogens is 1. The highest BCUT2D eigenvalue weighted by Crippen LogP contribution is 2.08. The van der Waals surface area contributed by atoms with Crippen LogP contribution in [0.1, 0.15) is 5.01 Å². The van der Waals surface area contributed by atoms with Gasteiger partial charge in [0.2, 0.25) is 0 Å². The first-order valence-corrected chi connectivity index (χ1v) is 7.67. The molecule has 6 heteroatoms. The number of rotatable bonds is 6. The quantitative estimate of drug-likeness (QED) is 0.807. The summed E-state index contributed by atoms with van der Waals surface area (Å²) in [5, 5.41) is 13.2. The third-order valence-corrected chi connectivity index (χ3v) is 4.24. The van der Waals surface area contributed by atoms with Crippen molar-refractivity contribution in [3.63, 3.8) is 0 Å². The Bertz CT molecular complexity index is 352. The van der Waals surface area contributed by atoms with Gasteiger partial charge in [0.1, 0.15) is 5.01 Å². The molecule has 108 valence electrons. The zero-order valence-corrected chi connectivity index (χ0v) is 12.6. The molecule has 0 aromatic carbocycles. The van der Waals surface area contributed by atoms with Crippen molar-refractivity contribution < 1.29 is 5.11 Å². The van der Waals surface area contributed by atoms with Gasteiger partial charge in [-0.25, -0.2) is 4.98 Å². The van der Waals surface area contributed by atoms with E-state index in [9.17, 15) is 5.11 Å². The van der Waals surface area contributed by atoms with Crippen LogP contribution < -0.4 is 0 Å². The van der Waals surface area contributed by atoms with Crippen molar-refractivity contribution in [3.05, 3.63) is 16.6 Å². The van der Waals surface area contributed by atoms with Crippen molar-refractivity contribution in [1.82, 2.24) is 19.7 Å². The molecule has 1 aromatic rings. The Labute approximate surface area is 119 Å². The van der Waals surface area contributed by atoms with Crippen molar-refractivity contribution in [2.24, 2.45) is 0 Å². The number of piperazine rings is 1. The van der Waals surface area contributed by atoms with Crippen molar-refractivity contribution in [2.45, 2.75) is 12.6 Å². The van der Waals surface area contributed by atoms with E-state index in [-0.39, 0.29) is 6.10 Å². The van der Waals surface area contributed by atoms with E-state index in [0.29, 0.717) is 6.54 Å². The van der Waals surface area contributed by atoms with Crippen LogP contribution in [-0.4, -0.2) is 84.3 Å². The van der Waals surface area contributed by atoms with Crippen molar-refractivity contribution in [2.75, 3.05) is 53.4 Å². The molecule has 1 saturated heterocycles. The Morgan fingerprint density at radius 1 is 1.42 bits per heavy atom. The van der Waals surface area contributed by atoms with Crippen molar-refractivity contribution in [1.29, 1.82) is 0 Å². The van der Waals surface area contributed by atoms with E-state index in [1.54, 1.807) is 11.3 Å². The molecule has 19 heavy (non-hydrogen) atoms. The molecule has 2 heterocycles. The van der Waals surface area contributed by atoms with E-state index in [1.165, 1.54) is 0 Å². The second-order valence-corrected chi connectivity index (χ2v) is 6.36. The van der Waals surface area contributed by atoms with Crippen LogP contribution >= 0.6 is 11.3 Å². The first kappa shape index (κ1) is 14.9. The fraction of sp³-hybridized carbons (Fsp3) is 0.769. The molecule has 2 rings (SSSR count). The van der Waals surface area contributed by atoms with E-state index < -0.39 is 0 Å². The fourth-order valence-electron chi connectivity index (χ4n) is 2.37. The van der Waals surface area contributed by atoms with Gasteiger partial charge in [-0.2, -0.15) is 0 Å². The van der Waals surface area contributed by atoms with E-state index in [2.05, 4.69) is 26.7 Å². The number of thiazole rings is 1. The lowest BCUT2D eigenvalue weighted by Crippen LogP contribution is -2.48. The maximum absolute atomic E-state index is 10.2. The highest BCUT2D eigenvalue weighted by molar-refractivity contribution is 7.09. The molecular formula is C13H24N4OS. The van der Waals surface area contributed by atoms with Crippen LogP contribution in [0.3, 0.4) is 0 Å². The topological polar surface area (TPSA) is 42.8 Å². The van der Waals surface area contributed by atoms with Gasteiger partial charge < -0.3 is 10.0 Å². The summed E-state index contributed by atoms with van der Waals surface area (Å²) in [7, 11) is 4.18. The number of aliphatic hydroxyl groups is 1. The number of nitrogens with zero attached hydrogens (tertiary/aromatic N) is 4. The van der Waals surface area contributed by atoms with Crippen LogP contribution in [0.5, 0.6) is 0 Å². The summed E-state index contributed by atoms with van der Waals surface area (Å²) >= 11 is 1.66. The monoisotopic (exact) mass is 284 g/mol. The van der Waals surface area contributed by atoms with E-state index in [4.69, 9.17) is 0 Å². The molecular weight excluding hydrogens is 260 g/mol. The minimum absolute atomic E-state index is 0.284. The lowest BCUT2D eigenvalue weighted by atomic mass is 10.2. The zero-order valence-electron chi connectivity index (χ0n) is 11.8. The molecule has 0 radical (unpaired) electrons. The van der Waals surface area contributed by atoms with Crippen LogP contribution in [0.25, 0.3) is 0 Å². The normalized spacial score (nSPS) is 20.0. The second kappa shape index (κ2) is 7.31. The van der Waals surface area contributed by atoms with Crippen molar-refractivity contribution >= 4 is 11.3 Å². The molecule has 1 N–H and O–H groups in total. The highest BCUT2D eigenvalue weighted by Gasteiger charge is 2.18. The highest BCUT2D eigenvalue weighted by atomic mass is 32.1. The average Bonchev–Trinajstić information content (AvgIpc) is 2.84. The lowest BCUT2D eigenvalue weighted by molar-refractivity contribution is 0.0594. The molecule has 1 aliphatic rings. The van der Waals surface area contributed by atoms with E-state index >= 15 is 0 Å². The van der Waals surface area contributed by atoms with Crippen LogP contribution in [0, 0.1) is 0 Å². The number of hydrogen-bond donors (Lipinski definition) is 1. The predicted molar refractivity (Wildman–Crippen MR) is 78.4 cm³/mol. The van der Waals surface area contributed by atoms with E-state index in [0.717, 1.165) is 44.3 Å². The van der Waals surface area contributed by atoms with Gasteiger partial charge in [0, 0.05) is 50.8 Å². The summed E-state index contributed by atoms with van der Waals surface area (Å²) < 4.78 is 0. The van der Waals surface area contributed by atoms with Gasteiger partial charge in [-0.15, -0.1) is 11.3 Å². The average molecular weight is 284 g/mol. The Kier molecular flexibility index (Phi) is 5.72. The van der Waals surface area contributed by atoms with Crippen molar-refractivity contribution in [3.8, 4) is 0 Å². The van der Waals surface area contributed by atoms with Gasteiger partial charge >= 0.3 is 0 Å². The van der Waals surface area contributed by atoms with Gasteiger partial charge in [-0.05, 0) is 14.1 Å². The molecule has 1 aromatic heterocycles. The summed E-state index contributed by atoms with van der Waals surface area (Å²) in [4.78, 5) is 11.1. The molecule has 1 aliphatic heterocycles. The van der Waals surface area contributed by atoms with Crippen LogP contribution in [0.2, 0.25) is 0 Å². The number of β-amino-alcohol motifs (C(OH)–C–C–N with tert-alkyl or cyclic N) is 1. The summed E-state index contributed by atoms with van der Waals surface area (Å²) in [6, 6.07) is 0. The Hall–Kier alpha value is -0.530. The third kappa shape index (κ3) is 5.16. The molecule has 0 aliphatic carbocycles. The largest absolute Gasteiger partial charge is 0.390 e. The second-order valence-electron chi connectivity index (χ2n) is 5.38. The van der Waals surface area contributed by atoms with E-state index in [1.807, 2.05) is 18.6 Å². The van der Waals surface area contributed by atoms with Gasteiger partial charge in [0.25, 0.3) is 0 Å². The Morgan fingerprint density at radius 3 is 2.79 bits per heavy atom. The maximum Gasteiger partial charge on any atom is 0.107 e. The molecule has 0 saturated carbocycles. The first-order chi connectivity index (χ1) is 9.13. The van der Waals surface area contributed by atoms with Crippen LogP contribution in [0.15, 0.2) is 11.6 Å². The number of likely N-dealkylation sites (N-methyl/N-ethyl adjacent to an activating group) is 2. The third-order valence-electron chi connectivity index (χ3n) is 3.48. The SMILES string of the molecule is CN1CCN(CC(O)CN(C)Cc2nccs2)CC1. The van der Waals surface area contributed by atoms with Gasteiger partial charge in [-0.1, -0.05) is 0 Å². The number of aliphatic hydroxyl groups excluding tert-OH is 1. The molecule has 1 atom stereocenters. The fourth-order valence-corrected chi connectivity index (χ4v) is 3.07. The summed E-state index contributed by atoms with van der Waals surface area (Å²) in [6.07, 6.45) is 1.54. The van der Waals surface area contributed by atoms with Gasteiger partial charge in [-0.3, -0.25) is 9.80 Å². The molecule has 1 unspecified atom stereocenters. The Morgan fingerprint density at radius 2 is 2.16 bits per heavy atom. The lowest BCUT2D eigenvalue weighted by Gasteiger charge is -2.34. The minimum Gasteiger partial charge on any atom is -0.390 e. The van der Waals surface area contributed by atoms with Crippen LogP contribution in [0.4, 0.5) is 0 Å². The van der Waals surface area contributed by atoms with Gasteiger partial charge in [0.05, 0.1) is 12.6 Å². The smallest absolute Gasteiger partial charge is 0.107 e. The Balaban J connectivity index is 1.67. The molecule has 1 fully saturated rings. The summed E-state index contributed by atoms with van der Waals surface area (Å²) in [6.45, 7) is 6.61. The van der Waals surface area contributed by atoms with Crippen LogP contribution in [-0.2, 0) is 6.54 Å². The number of hydrogen-bond acceptors (Lipinski definition) is 6. The summed E-state index contributed by atoms with van der Waals surface area (Å²) in [5.74, 6) is 0. The maximum atomic E-state index is 10.2. The zero-order chi connectivity index (χ0) is 13.7. The minimum atomic E-state index is -0.284. The molecule has 0 spiro atoms. The molecule has 0 amide bonds. The molecule has 5 nitrogen and oxygen atoms in total. The first-order valence-electron chi connectivity index (χ1n) is 6.79. The molecule has 0 bridgehead atoms. The van der Waals surface area contributed by atoms with Gasteiger partial charge in [0.15, 0.2) is 0 Å². The predicted octanol–water partition coefficient (Wildman–Crippen LogP) is 0.183. The standard InChI is InChI=1S/C13H24N4OS/c1-15-4-6-17(7-5-15)10-12(18)9-16(2)11-13-14-3-8-19-13/h3,8,12,18H,4-7,9-11H2,1-2H3.